The second-order valence-electron chi connectivity index (χ2n) is 6.37. The molecule has 7 heteroatoms. The molecule has 0 unspecified atom stereocenters. The van der Waals surface area contributed by atoms with Crippen molar-refractivity contribution in [2.45, 2.75) is 31.9 Å². The zero-order chi connectivity index (χ0) is 17.6. The number of likely N-dealkylation sites (tertiary alicyclic amines) is 1. The van der Waals surface area contributed by atoms with Gasteiger partial charge in [0.1, 0.15) is 5.75 Å². The molecule has 0 saturated carbocycles. The molecular formula is C17H26N2O4S. The minimum absolute atomic E-state index is 0.0277. The second-order valence-corrected chi connectivity index (χ2v) is 8.69. The van der Waals surface area contributed by atoms with Gasteiger partial charge in [-0.1, -0.05) is 18.2 Å². The second kappa shape index (κ2) is 8.48. The lowest BCUT2D eigenvalue weighted by molar-refractivity contribution is -0.134. The number of hydrogen-bond donors (Lipinski definition) is 1. The number of nitrogens with zero attached hydrogens (tertiary/aromatic N) is 1. The minimum Gasteiger partial charge on any atom is -0.484 e. The SMILES string of the molecule is CC(C)S(=O)(=O)NCC1CCN(C(=O)COc2ccccc2)CC1. The van der Waals surface area contributed by atoms with Crippen LogP contribution >= 0.6 is 0 Å². The van der Waals surface area contributed by atoms with Crippen LogP contribution in [0.3, 0.4) is 0 Å². The van der Waals surface area contributed by atoms with E-state index in [0.29, 0.717) is 25.4 Å². The molecule has 134 valence electrons. The van der Waals surface area contributed by atoms with Gasteiger partial charge in [0, 0.05) is 19.6 Å². The van der Waals surface area contributed by atoms with Crippen LogP contribution in [0.2, 0.25) is 0 Å². The molecule has 1 saturated heterocycles. The molecule has 0 atom stereocenters. The number of nitrogens with one attached hydrogen (secondary N) is 1. The van der Waals surface area contributed by atoms with Gasteiger partial charge in [0.15, 0.2) is 6.61 Å². The maximum Gasteiger partial charge on any atom is 0.260 e. The van der Waals surface area contributed by atoms with Crippen LogP contribution in [0.1, 0.15) is 26.7 Å². The normalized spacial score (nSPS) is 16.4. The Hall–Kier alpha value is -1.60. The van der Waals surface area contributed by atoms with Crippen LogP contribution in [0.5, 0.6) is 5.75 Å². The van der Waals surface area contributed by atoms with Gasteiger partial charge in [-0.15, -0.1) is 0 Å². The summed E-state index contributed by atoms with van der Waals surface area (Å²) in [6.45, 7) is 5.10. The van der Waals surface area contributed by atoms with Crippen molar-refractivity contribution < 1.29 is 17.9 Å². The summed E-state index contributed by atoms with van der Waals surface area (Å²) in [7, 11) is -3.22. The van der Waals surface area contributed by atoms with E-state index in [0.717, 1.165) is 12.8 Å². The molecule has 0 bridgehead atoms. The van der Waals surface area contributed by atoms with Gasteiger partial charge >= 0.3 is 0 Å². The molecule has 1 aliphatic rings. The molecule has 0 aliphatic carbocycles. The van der Waals surface area contributed by atoms with Crippen LogP contribution in [0.15, 0.2) is 30.3 Å². The Morgan fingerprint density at radius 3 is 2.46 bits per heavy atom. The van der Waals surface area contributed by atoms with Crippen molar-refractivity contribution in [3.05, 3.63) is 30.3 Å². The van der Waals surface area contributed by atoms with E-state index in [-0.39, 0.29) is 18.4 Å². The van der Waals surface area contributed by atoms with Crippen LogP contribution < -0.4 is 9.46 Å². The molecule has 0 spiro atoms. The van der Waals surface area contributed by atoms with Gasteiger partial charge in [0.25, 0.3) is 5.91 Å². The van der Waals surface area contributed by atoms with Gasteiger partial charge in [-0.25, -0.2) is 13.1 Å². The molecule has 1 N–H and O–H groups in total. The number of sulfonamides is 1. The zero-order valence-electron chi connectivity index (χ0n) is 14.3. The number of benzene rings is 1. The predicted molar refractivity (Wildman–Crippen MR) is 93.3 cm³/mol. The van der Waals surface area contributed by atoms with Crippen molar-refractivity contribution in [1.82, 2.24) is 9.62 Å². The molecule has 1 aromatic rings. The maximum atomic E-state index is 12.2. The van der Waals surface area contributed by atoms with Crippen LogP contribution in [-0.2, 0) is 14.8 Å². The van der Waals surface area contributed by atoms with Gasteiger partial charge in [0.05, 0.1) is 5.25 Å². The summed E-state index contributed by atoms with van der Waals surface area (Å²) in [6, 6.07) is 9.26. The van der Waals surface area contributed by atoms with Gasteiger partial charge in [0.2, 0.25) is 10.0 Å². The van der Waals surface area contributed by atoms with Crippen LogP contribution in [0.4, 0.5) is 0 Å². The number of carbonyl (C=O) groups is 1. The Morgan fingerprint density at radius 2 is 1.88 bits per heavy atom. The third-order valence-corrected chi connectivity index (χ3v) is 6.08. The third-order valence-electron chi connectivity index (χ3n) is 4.27. The average molecular weight is 354 g/mol. The van der Waals surface area contributed by atoms with E-state index in [1.165, 1.54) is 0 Å². The molecule has 0 aromatic heterocycles. The molecule has 1 heterocycles. The van der Waals surface area contributed by atoms with E-state index in [9.17, 15) is 13.2 Å². The molecule has 6 nitrogen and oxygen atoms in total. The summed E-state index contributed by atoms with van der Waals surface area (Å²) in [5.41, 5.74) is 0. The molecule has 0 radical (unpaired) electrons. The molecule has 1 amide bonds. The van der Waals surface area contributed by atoms with Gasteiger partial charge in [-0.2, -0.15) is 0 Å². The van der Waals surface area contributed by atoms with Crippen LogP contribution in [0, 0.1) is 5.92 Å². The number of amides is 1. The highest BCUT2D eigenvalue weighted by Gasteiger charge is 2.25. The maximum absolute atomic E-state index is 12.2. The number of para-hydroxylation sites is 1. The topological polar surface area (TPSA) is 75.7 Å². The molecular weight excluding hydrogens is 328 g/mol. The Kier molecular flexibility index (Phi) is 6.62. The number of ether oxygens (including phenoxy) is 1. The Morgan fingerprint density at radius 1 is 1.25 bits per heavy atom. The molecule has 24 heavy (non-hydrogen) atoms. The lowest BCUT2D eigenvalue weighted by Gasteiger charge is -2.32. The quantitative estimate of drug-likeness (QED) is 0.807. The summed E-state index contributed by atoms with van der Waals surface area (Å²) in [5.74, 6) is 0.932. The van der Waals surface area contributed by atoms with E-state index in [2.05, 4.69) is 4.72 Å². The minimum atomic E-state index is -3.22. The van der Waals surface area contributed by atoms with E-state index >= 15 is 0 Å². The van der Waals surface area contributed by atoms with Crippen molar-refractivity contribution >= 4 is 15.9 Å². The summed E-state index contributed by atoms with van der Waals surface area (Å²) in [5, 5.41) is -0.422. The number of carbonyl (C=O) groups excluding carboxylic acids is 1. The van der Waals surface area contributed by atoms with Crippen molar-refractivity contribution in [2.75, 3.05) is 26.2 Å². The highest BCUT2D eigenvalue weighted by molar-refractivity contribution is 7.90. The summed E-state index contributed by atoms with van der Waals surface area (Å²) >= 11 is 0. The van der Waals surface area contributed by atoms with E-state index in [1.54, 1.807) is 18.7 Å². The first kappa shape index (κ1) is 18.7. The first-order chi connectivity index (χ1) is 11.4. The lowest BCUT2D eigenvalue weighted by atomic mass is 9.97. The molecule has 1 aliphatic heterocycles. The third kappa shape index (κ3) is 5.49. The highest BCUT2D eigenvalue weighted by atomic mass is 32.2. The van der Waals surface area contributed by atoms with Crippen LogP contribution in [0.25, 0.3) is 0 Å². The standard InChI is InChI=1S/C17H26N2O4S/c1-14(2)24(21,22)18-12-15-8-10-19(11-9-15)17(20)13-23-16-6-4-3-5-7-16/h3-7,14-15,18H,8-13H2,1-2H3. The summed E-state index contributed by atoms with van der Waals surface area (Å²) < 4.78 is 31.7. The van der Waals surface area contributed by atoms with Crippen molar-refractivity contribution in [3.8, 4) is 5.75 Å². The van der Waals surface area contributed by atoms with Gasteiger partial charge in [-0.3, -0.25) is 4.79 Å². The summed E-state index contributed by atoms with van der Waals surface area (Å²) in [4.78, 5) is 14.0. The van der Waals surface area contributed by atoms with Gasteiger partial charge < -0.3 is 9.64 Å². The first-order valence-electron chi connectivity index (χ1n) is 8.32. The fourth-order valence-corrected chi connectivity index (χ4v) is 3.34. The Balaban J connectivity index is 1.71. The average Bonchev–Trinajstić information content (AvgIpc) is 2.59. The molecule has 2 rings (SSSR count). The van der Waals surface area contributed by atoms with Crippen LogP contribution in [-0.4, -0.2) is 50.7 Å². The fraction of sp³-hybridized carbons (Fsp3) is 0.588. The predicted octanol–water partition coefficient (Wildman–Crippen LogP) is 1.63. The molecule has 1 aromatic carbocycles. The lowest BCUT2D eigenvalue weighted by Crippen LogP contribution is -2.44. The van der Waals surface area contributed by atoms with Crippen molar-refractivity contribution in [2.24, 2.45) is 5.92 Å². The zero-order valence-corrected chi connectivity index (χ0v) is 15.1. The van der Waals surface area contributed by atoms with E-state index in [4.69, 9.17) is 4.74 Å². The number of piperidine rings is 1. The van der Waals surface area contributed by atoms with E-state index < -0.39 is 15.3 Å². The largest absolute Gasteiger partial charge is 0.484 e. The summed E-state index contributed by atoms with van der Waals surface area (Å²) in [6.07, 6.45) is 1.61. The first-order valence-corrected chi connectivity index (χ1v) is 9.87. The fourth-order valence-electron chi connectivity index (χ4n) is 2.54. The Labute approximate surface area is 144 Å². The molecule has 1 fully saturated rings. The highest BCUT2D eigenvalue weighted by Crippen LogP contribution is 2.17. The number of rotatable bonds is 7. The monoisotopic (exact) mass is 354 g/mol. The van der Waals surface area contributed by atoms with Gasteiger partial charge in [-0.05, 0) is 44.7 Å². The Bertz CT molecular complexity index is 623. The van der Waals surface area contributed by atoms with Crippen molar-refractivity contribution in [3.63, 3.8) is 0 Å². The number of hydrogen-bond acceptors (Lipinski definition) is 4. The van der Waals surface area contributed by atoms with Crippen molar-refractivity contribution in [1.29, 1.82) is 0 Å². The smallest absolute Gasteiger partial charge is 0.260 e. The van der Waals surface area contributed by atoms with E-state index in [1.807, 2.05) is 30.3 Å².